The number of rotatable bonds is 5. The predicted molar refractivity (Wildman–Crippen MR) is 64.2 cm³/mol. The zero-order valence-electron chi connectivity index (χ0n) is 10.1. The van der Waals surface area contributed by atoms with Crippen LogP contribution >= 0.6 is 0 Å². The minimum Gasteiger partial charge on any atom is -0.497 e. The van der Waals surface area contributed by atoms with Crippen LogP contribution in [0.2, 0.25) is 0 Å². The topological polar surface area (TPSA) is 47.6 Å². The Kier molecular flexibility index (Phi) is 3.52. The number of methoxy groups -OCH3 is 1. The van der Waals surface area contributed by atoms with Gasteiger partial charge in [-0.1, -0.05) is 0 Å². The summed E-state index contributed by atoms with van der Waals surface area (Å²) >= 11 is 0. The molecule has 0 bridgehead atoms. The van der Waals surface area contributed by atoms with Crippen LogP contribution in [0.1, 0.15) is 19.8 Å². The molecule has 1 N–H and O–H groups in total. The molecule has 0 heterocycles. The predicted octanol–water partition coefficient (Wildman–Crippen LogP) is 1.74. The molecule has 1 aliphatic carbocycles. The lowest BCUT2D eigenvalue weighted by molar-refractivity contribution is -0.127. The lowest BCUT2D eigenvalue weighted by Crippen LogP contribution is -2.37. The van der Waals surface area contributed by atoms with E-state index >= 15 is 0 Å². The van der Waals surface area contributed by atoms with E-state index in [1.807, 2.05) is 0 Å². The number of nitrogens with one attached hydrogen (secondary N) is 1. The number of hydrogen-bond donors (Lipinski definition) is 1. The summed E-state index contributed by atoms with van der Waals surface area (Å²) in [4.78, 5) is 11.7. The standard InChI is InChI=1S/C13H17NO3/c1-9(13(15)14-10-3-4-10)17-12-7-5-11(16-2)6-8-12/h5-10H,3-4H2,1-2H3,(H,14,15). The molecule has 0 aliphatic heterocycles. The summed E-state index contributed by atoms with van der Waals surface area (Å²) in [5.74, 6) is 1.39. The highest BCUT2D eigenvalue weighted by atomic mass is 16.5. The molecule has 0 radical (unpaired) electrons. The van der Waals surface area contributed by atoms with Gasteiger partial charge in [-0.3, -0.25) is 4.79 Å². The highest BCUT2D eigenvalue weighted by Crippen LogP contribution is 2.20. The van der Waals surface area contributed by atoms with Crippen molar-refractivity contribution in [1.29, 1.82) is 0 Å². The van der Waals surface area contributed by atoms with Gasteiger partial charge in [-0.25, -0.2) is 0 Å². The van der Waals surface area contributed by atoms with Crippen molar-refractivity contribution >= 4 is 5.91 Å². The van der Waals surface area contributed by atoms with E-state index in [0.717, 1.165) is 18.6 Å². The molecule has 0 aromatic heterocycles. The minimum atomic E-state index is -0.469. The van der Waals surface area contributed by atoms with Crippen LogP contribution in [0.4, 0.5) is 0 Å². The molecule has 1 aromatic rings. The Morgan fingerprint density at radius 3 is 2.41 bits per heavy atom. The van der Waals surface area contributed by atoms with E-state index in [1.165, 1.54) is 0 Å². The van der Waals surface area contributed by atoms with E-state index in [0.29, 0.717) is 11.8 Å². The number of carbonyl (C=O) groups is 1. The van der Waals surface area contributed by atoms with Gasteiger partial charge in [-0.15, -0.1) is 0 Å². The fourth-order valence-electron chi connectivity index (χ4n) is 1.46. The number of hydrogen-bond acceptors (Lipinski definition) is 3. The van der Waals surface area contributed by atoms with Crippen molar-refractivity contribution in [3.05, 3.63) is 24.3 Å². The monoisotopic (exact) mass is 235 g/mol. The normalized spacial score (nSPS) is 16.1. The van der Waals surface area contributed by atoms with Crippen LogP contribution < -0.4 is 14.8 Å². The Balaban J connectivity index is 1.87. The zero-order chi connectivity index (χ0) is 12.3. The Bertz CT molecular complexity index is 384. The van der Waals surface area contributed by atoms with Gasteiger partial charge >= 0.3 is 0 Å². The first-order valence-corrected chi connectivity index (χ1v) is 5.80. The summed E-state index contributed by atoms with van der Waals surface area (Å²) in [5, 5.41) is 2.91. The Morgan fingerprint density at radius 2 is 1.88 bits per heavy atom. The SMILES string of the molecule is COc1ccc(OC(C)C(=O)NC2CC2)cc1. The fourth-order valence-corrected chi connectivity index (χ4v) is 1.46. The Hall–Kier alpha value is -1.71. The first kappa shape index (κ1) is 11.8. The van der Waals surface area contributed by atoms with Gasteiger partial charge in [-0.05, 0) is 44.0 Å². The van der Waals surface area contributed by atoms with E-state index in [-0.39, 0.29) is 5.91 Å². The molecule has 0 spiro atoms. The maximum absolute atomic E-state index is 11.7. The molecule has 1 aliphatic rings. The quantitative estimate of drug-likeness (QED) is 0.845. The van der Waals surface area contributed by atoms with Gasteiger partial charge in [0.05, 0.1) is 7.11 Å². The smallest absolute Gasteiger partial charge is 0.260 e. The lowest BCUT2D eigenvalue weighted by Gasteiger charge is -2.14. The van der Waals surface area contributed by atoms with Crippen LogP contribution in [0.3, 0.4) is 0 Å². The molecular weight excluding hydrogens is 218 g/mol. The first-order chi connectivity index (χ1) is 8.19. The summed E-state index contributed by atoms with van der Waals surface area (Å²) in [6, 6.07) is 7.56. The Morgan fingerprint density at radius 1 is 1.29 bits per heavy atom. The molecule has 2 rings (SSSR count). The molecule has 0 saturated heterocycles. The van der Waals surface area contributed by atoms with E-state index in [4.69, 9.17) is 9.47 Å². The highest BCUT2D eigenvalue weighted by molar-refractivity contribution is 5.81. The summed E-state index contributed by atoms with van der Waals surface area (Å²) in [6.45, 7) is 1.75. The van der Waals surface area contributed by atoms with Crippen LogP contribution in [-0.2, 0) is 4.79 Å². The first-order valence-electron chi connectivity index (χ1n) is 5.80. The van der Waals surface area contributed by atoms with Crippen molar-refractivity contribution in [3.8, 4) is 11.5 Å². The molecule has 1 unspecified atom stereocenters. The Labute approximate surface area is 101 Å². The van der Waals surface area contributed by atoms with Gasteiger partial charge in [0.15, 0.2) is 6.10 Å². The third-order valence-corrected chi connectivity index (χ3v) is 2.67. The maximum atomic E-state index is 11.7. The van der Waals surface area contributed by atoms with Crippen molar-refractivity contribution in [3.63, 3.8) is 0 Å². The van der Waals surface area contributed by atoms with Gasteiger partial charge in [0.2, 0.25) is 0 Å². The molecule has 92 valence electrons. The van der Waals surface area contributed by atoms with Gasteiger partial charge < -0.3 is 14.8 Å². The van der Waals surface area contributed by atoms with E-state index in [1.54, 1.807) is 38.3 Å². The fraction of sp³-hybridized carbons (Fsp3) is 0.462. The third-order valence-electron chi connectivity index (χ3n) is 2.67. The summed E-state index contributed by atoms with van der Waals surface area (Å²) in [5.41, 5.74) is 0. The second kappa shape index (κ2) is 5.08. The second-order valence-electron chi connectivity index (χ2n) is 4.22. The average Bonchev–Trinajstić information content (AvgIpc) is 3.14. The maximum Gasteiger partial charge on any atom is 0.260 e. The number of benzene rings is 1. The summed E-state index contributed by atoms with van der Waals surface area (Å²) < 4.78 is 10.6. The van der Waals surface area contributed by atoms with Gasteiger partial charge in [0.1, 0.15) is 11.5 Å². The van der Waals surface area contributed by atoms with Crippen molar-refractivity contribution in [2.75, 3.05) is 7.11 Å². The van der Waals surface area contributed by atoms with Gasteiger partial charge in [0.25, 0.3) is 5.91 Å². The summed E-state index contributed by atoms with van der Waals surface area (Å²) in [7, 11) is 1.61. The van der Waals surface area contributed by atoms with Crippen molar-refractivity contribution < 1.29 is 14.3 Å². The number of ether oxygens (including phenoxy) is 2. The highest BCUT2D eigenvalue weighted by Gasteiger charge is 2.26. The minimum absolute atomic E-state index is 0.0525. The van der Waals surface area contributed by atoms with Crippen LogP contribution in [0.15, 0.2) is 24.3 Å². The number of amides is 1. The molecule has 4 nitrogen and oxygen atoms in total. The zero-order valence-corrected chi connectivity index (χ0v) is 10.1. The van der Waals surface area contributed by atoms with Crippen LogP contribution in [0, 0.1) is 0 Å². The van der Waals surface area contributed by atoms with Gasteiger partial charge in [0, 0.05) is 6.04 Å². The largest absolute Gasteiger partial charge is 0.497 e. The number of carbonyl (C=O) groups excluding carboxylic acids is 1. The van der Waals surface area contributed by atoms with Crippen molar-refractivity contribution in [2.45, 2.75) is 31.9 Å². The van der Waals surface area contributed by atoms with Crippen molar-refractivity contribution in [2.24, 2.45) is 0 Å². The molecular formula is C13H17NO3. The van der Waals surface area contributed by atoms with E-state index in [9.17, 15) is 4.79 Å². The molecule has 17 heavy (non-hydrogen) atoms. The second-order valence-corrected chi connectivity index (χ2v) is 4.22. The molecule has 4 heteroatoms. The molecule has 1 atom stereocenters. The van der Waals surface area contributed by atoms with Crippen LogP contribution in [0.5, 0.6) is 11.5 Å². The molecule has 1 amide bonds. The van der Waals surface area contributed by atoms with Crippen LogP contribution in [0.25, 0.3) is 0 Å². The molecule has 1 fully saturated rings. The van der Waals surface area contributed by atoms with Crippen molar-refractivity contribution in [1.82, 2.24) is 5.32 Å². The molecule has 1 saturated carbocycles. The van der Waals surface area contributed by atoms with E-state index in [2.05, 4.69) is 5.32 Å². The van der Waals surface area contributed by atoms with E-state index < -0.39 is 6.10 Å². The summed E-state index contributed by atoms with van der Waals surface area (Å²) in [6.07, 6.45) is 1.70. The molecule has 1 aromatic carbocycles. The average molecular weight is 235 g/mol. The lowest BCUT2D eigenvalue weighted by atomic mass is 10.3. The van der Waals surface area contributed by atoms with Crippen LogP contribution in [-0.4, -0.2) is 25.2 Å². The third kappa shape index (κ3) is 3.37. The van der Waals surface area contributed by atoms with Gasteiger partial charge in [-0.2, -0.15) is 0 Å².